The summed E-state index contributed by atoms with van der Waals surface area (Å²) in [7, 11) is 0. The number of benzene rings is 1. The summed E-state index contributed by atoms with van der Waals surface area (Å²) in [6, 6.07) is 5.47. The quantitative estimate of drug-likeness (QED) is 0.644. The average Bonchev–Trinajstić information content (AvgIpc) is 2.35. The summed E-state index contributed by atoms with van der Waals surface area (Å²) in [5.74, 6) is 0.472. The maximum Gasteiger partial charge on any atom is 0.340 e. The van der Waals surface area contributed by atoms with Gasteiger partial charge in [-0.05, 0) is 50.2 Å². The Kier molecular flexibility index (Phi) is 3.90. The van der Waals surface area contributed by atoms with E-state index < -0.39 is 0 Å². The lowest BCUT2D eigenvalue weighted by Crippen LogP contribution is -2.24. The van der Waals surface area contributed by atoms with Crippen molar-refractivity contribution < 1.29 is 9.53 Å². The fourth-order valence-corrected chi connectivity index (χ4v) is 2.42. The largest absolute Gasteiger partial charge is 0.459 e. The van der Waals surface area contributed by atoms with E-state index in [-0.39, 0.29) is 12.1 Å². The van der Waals surface area contributed by atoms with Gasteiger partial charge in [0.15, 0.2) is 0 Å². The Morgan fingerprint density at radius 2 is 1.94 bits per heavy atom. The van der Waals surface area contributed by atoms with Crippen molar-refractivity contribution in [2.45, 2.75) is 45.6 Å². The maximum atomic E-state index is 12.1. The standard InChI is InChI=1S/C15H21NO2/c1-10-6-8-12(9-7-10)18-15(17)13-5-3-4-11(2)14(13)16/h3-5,10,12H,6-9,16H2,1-2H3. The van der Waals surface area contributed by atoms with E-state index in [1.54, 1.807) is 6.07 Å². The molecule has 1 fully saturated rings. The summed E-state index contributed by atoms with van der Waals surface area (Å²) in [6.07, 6.45) is 4.29. The summed E-state index contributed by atoms with van der Waals surface area (Å²) in [6.45, 7) is 4.14. The van der Waals surface area contributed by atoms with Gasteiger partial charge in [0.05, 0.1) is 5.56 Å². The van der Waals surface area contributed by atoms with Gasteiger partial charge in [-0.15, -0.1) is 0 Å². The summed E-state index contributed by atoms with van der Waals surface area (Å²) < 4.78 is 5.54. The molecule has 2 rings (SSSR count). The van der Waals surface area contributed by atoms with Crippen molar-refractivity contribution in [3.8, 4) is 0 Å². The van der Waals surface area contributed by atoms with Crippen LogP contribution in [-0.2, 0) is 4.74 Å². The smallest absolute Gasteiger partial charge is 0.340 e. The van der Waals surface area contributed by atoms with Crippen molar-refractivity contribution in [1.82, 2.24) is 0 Å². The summed E-state index contributed by atoms with van der Waals surface area (Å²) in [5.41, 5.74) is 7.86. The zero-order chi connectivity index (χ0) is 13.1. The first-order valence-electron chi connectivity index (χ1n) is 6.64. The second-order valence-electron chi connectivity index (χ2n) is 5.32. The average molecular weight is 247 g/mol. The number of anilines is 1. The van der Waals surface area contributed by atoms with Crippen LogP contribution in [0.5, 0.6) is 0 Å². The molecule has 1 aliphatic rings. The molecule has 0 atom stereocenters. The lowest BCUT2D eigenvalue weighted by Gasteiger charge is -2.26. The third-order valence-corrected chi connectivity index (χ3v) is 3.78. The number of carbonyl (C=O) groups excluding carboxylic acids is 1. The fourth-order valence-electron chi connectivity index (χ4n) is 2.42. The molecule has 1 aromatic carbocycles. The lowest BCUT2D eigenvalue weighted by molar-refractivity contribution is 0.0175. The Morgan fingerprint density at radius 1 is 1.28 bits per heavy atom. The SMILES string of the molecule is Cc1cccc(C(=O)OC2CCC(C)CC2)c1N. The molecular weight excluding hydrogens is 226 g/mol. The van der Waals surface area contributed by atoms with Crippen LogP contribution >= 0.6 is 0 Å². The molecule has 0 unspecified atom stereocenters. The molecule has 0 aromatic heterocycles. The molecule has 0 spiro atoms. The minimum atomic E-state index is -0.282. The highest BCUT2D eigenvalue weighted by molar-refractivity contribution is 5.95. The van der Waals surface area contributed by atoms with E-state index in [0.717, 1.165) is 37.2 Å². The van der Waals surface area contributed by atoms with Gasteiger partial charge in [-0.2, -0.15) is 0 Å². The molecule has 98 valence electrons. The van der Waals surface area contributed by atoms with Crippen molar-refractivity contribution in [2.75, 3.05) is 5.73 Å². The van der Waals surface area contributed by atoms with Gasteiger partial charge in [0.2, 0.25) is 0 Å². The van der Waals surface area contributed by atoms with Crippen molar-refractivity contribution >= 4 is 11.7 Å². The topological polar surface area (TPSA) is 52.3 Å². The van der Waals surface area contributed by atoms with Crippen LogP contribution in [0.4, 0.5) is 5.69 Å². The third kappa shape index (κ3) is 2.84. The number of esters is 1. The van der Waals surface area contributed by atoms with Crippen molar-refractivity contribution in [2.24, 2.45) is 5.92 Å². The predicted molar refractivity (Wildman–Crippen MR) is 72.4 cm³/mol. The molecule has 0 bridgehead atoms. The van der Waals surface area contributed by atoms with Gasteiger partial charge < -0.3 is 10.5 Å². The number of nitrogen functional groups attached to an aromatic ring is 1. The Morgan fingerprint density at radius 3 is 2.61 bits per heavy atom. The number of para-hydroxylation sites is 1. The number of carbonyl (C=O) groups is 1. The molecule has 1 aromatic rings. The first-order chi connectivity index (χ1) is 8.58. The molecule has 3 nitrogen and oxygen atoms in total. The molecule has 0 saturated heterocycles. The summed E-state index contributed by atoms with van der Waals surface area (Å²) in [4.78, 5) is 12.1. The van der Waals surface area contributed by atoms with Gasteiger partial charge in [-0.25, -0.2) is 4.79 Å². The van der Waals surface area contributed by atoms with E-state index in [2.05, 4.69) is 6.92 Å². The number of rotatable bonds is 2. The highest BCUT2D eigenvalue weighted by Gasteiger charge is 2.23. The van der Waals surface area contributed by atoms with Gasteiger partial charge in [0.1, 0.15) is 6.10 Å². The van der Waals surface area contributed by atoms with Crippen LogP contribution < -0.4 is 5.73 Å². The summed E-state index contributed by atoms with van der Waals surface area (Å²) >= 11 is 0. The molecule has 0 heterocycles. The Bertz CT molecular complexity index is 434. The molecular formula is C15H21NO2. The van der Waals surface area contributed by atoms with Gasteiger partial charge >= 0.3 is 5.97 Å². The molecule has 0 aliphatic heterocycles. The maximum absolute atomic E-state index is 12.1. The number of nitrogens with two attached hydrogens (primary N) is 1. The van der Waals surface area contributed by atoms with Crippen LogP contribution in [0.25, 0.3) is 0 Å². The number of hydrogen-bond donors (Lipinski definition) is 1. The van der Waals surface area contributed by atoms with Crippen molar-refractivity contribution in [1.29, 1.82) is 0 Å². The Labute approximate surface area is 108 Å². The van der Waals surface area contributed by atoms with Crippen LogP contribution in [0.2, 0.25) is 0 Å². The van der Waals surface area contributed by atoms with Crippen LogP contribution in [-0.4, -0.2) is 12.1 Å². The monoisotopic (exact) mass is 247 g/mol. The number of ether oxygens (including phenoxy) is 1. The van der Waals surface area contributed by atoms with E-state index in [1.807, 2.05) is 19.1 Å². The minimum Gasteiger partial charge on any atom is -0.459 e. The van der Waals surface area contributed by atoms with Crippen LogP contribution in [0, 0.1) is 12.8 Å². The molecule has 0 amide bonds. The molecule has 2 N–H and O–H groups in total. The molecule has 18 heavy (non-hydrogen) atoms. The minimum absolute atomic E-state index is 0.0635. The van der Waals surface area contributed by atoms with Gasteiger partial charge in [-0.1, -0.05) is 19.1 Å². The van der Waals surface area contributed by atoms with Crippen LogP contribution in [0.15, 0.2) is 18.2 Å². The van der Waals surface area contributed by atoms with Gasteiger partial charge in [0.25, 0.3) is 0 Å². The highest BCUT2D eigenvalue weighted by atomic mass is 16.5. The van der Waals surface area contributed by atoms with E-state index in [4.69, 9.17) is 10.5 Å². The van der Waals surface area contributed by atoms with Crippen molar-refractivity contribution in [3.63, 3.8) is 0 Å². The third-order valence-electron chi connectivity index (χ3n) is 3.78. The predicted octanol–water partition coefficient (Wildman–Crippen LogP) is 3.31. The van der Waals surface area contributed by atoms with E-state index in [0.29, 0.717) is 11.3 Å². The summed E-state index contributed by atoms with van der Waals surface area (Å²) in [5, 5.41) is 0. The number of aryl methyl sites for hydroxylation is 1. The van der Waals surface area contributed by atoms with Crippen molar-refractivity contribution in [3.05, 3.63) is 29.3 Å². The zero-order valence-corrected chi connectivity index (χ0v) is 11.1. The first kappa shape index (κ1) is 12.9. The normalized spacial score (nSPS) is 23.7. The highest BCUT2D eigenvalue weighted by Crippen LogP contribution is 2.27. The van der Waals surface area contributed by atoms with Gasteiger partial charge in [0, 0.05) is 5.69 Å². The first-order valence-corrected chi connectivity index (χ1v) is 6.64. The Hall–Kier alpha value is -1.51. The molecule has 1 saturated carbocycles. The number of hydrogen-bond acceptors (Lipinski definition) is 3. The second-order valence-corrected chi connectivity index (χ2v) is 5.32. The molecule has 3 heteroatoms. The van der Waals surface area contributed by atoms with Crippen LogP contribution in [0.3, 0.4) is 0 Å². The van der Waals surface area contributed by atoms with Crippen LogP contribution in [0.1, 0.15) is 48.5 Å². The zero-order valence-electron chi connectivity index (χ0n) is 11.1. The van der Waals surface area contributed by atoms with E-state index in [9.17, 15) is 4.79 Å². The second kappa shape index (κ2) is 5.42. The Balaban J connectivity index is 2.01. The van der Waals surface area contributed by atoms with Gasteiger partial charge in [-0.3, -0.25) is 0 Å². The molecule has 1 aliphatic carbocycles. The van der Waals surface area contributed by atoms with E-state index in [1.165, 1.54) is 0 Å². The fraction of sp³-hybridized carbons (Fsp3) is 0.533. The molecule has 0 radical (unpaired) electrons. The van der Waals surface area contributed by atoms with E-state index >= 15 is 0 Å². The lowest BCUT2D eigenvalue weighted by atomic mass is 9.89.